The Kier molecular flexibility index (Phi) is 8.79. The molecule has 0 heterocycles. The second-order valence-corrected chi connectivity index (χ2v) is 6.48. The normalized spacial score (nSPS) is 14.8. The lowest BCUT2D eigenvalue weighted by Crippen LogP contribution is -2.43. The van der Waals surface area contributed by atoms with E-state index in [1.807, 2.05) is 37.3 Å². The minimum absolute atomic E-state index is 0.314. The van der Waals surface area contributed by atoms with E-state index in [0.29, 0.717) is 12.6 Å². The Labute approximate surface area is 147 Å². The van der Waals surface area contributed by atoms with Crippen LogP contribution in [0.3, 0.4) is 0 Å². The first-order chi connectivity index (χ1) is 11.4. The van der Waals surface area contributed by atoms with Crippen molar-refractivity contribution in [3.8, 4) is 0 Å². The second kappa shape index (κ2) is 10.3. The topological polar surface area (TPSA) is 59.9 Å². The van der Waals surface area contributed by atoms with Crippen LogP contribution in [0, 0.1) is 0 Å². The van der Waals surface area contributed by atoms with E-state index in [1.54, 1.807) is 6.92 Å². The molecule has 0 aliphatic carbocycles. The van der Waals surface area contributed by atoms with Gasteiger partial charge in [0.1, 0.15) is 5.60 Å². The van der Waals surface area contributed by atoms with Gasteiger partial charge in [0.05, 0.1) is 6.54 Å². The number of guanidine groups is 1. The van der Waals surface area contributed by atoms with E-state index in [4.69, 9.17) is 0 Å². The van der Waals surface area contributed by atoms with E-state index in [-0.39, 0.29) is 0 Å². The fourth-order valence-corrected chi connectivity index (χ4v) is 2.56. The van der Waals surface area contributed by atoms with Crippen molar-refractivity contribution in [1.82, 2.24) is 15.5 Å². The van der Waals surface area contributed by atoms with Crippen LogP contribution in [0.4, 0.5) is 0 Å². The Hall–Kier alpha value is -1.59. The summed E-state index contributed by atoms with van der Waals surface area (Å²) in [5.74, 6) is 0.744. The first kappa shape index (κ1) is 20.5. The highest BCUT2D eigenvalue weighted by atomic mass is 16.3. The summed E-state index contributed by atoms with van der Waals surface area (Å²) >= 11 is 0. The molecule has 1 unspecified atom stereocenters. The fraction of sp³-hybridized carbons (Fsp3) is 0.632. The Balaban J connectivity index is 2.62. The summed E-state index contributed by atoms with van der Waals surface area (Å²) in [4.78, 5) is 6.95. The van der Waals surface area contributed by atoms with Crippen LogP contribution in [0.25, 0.3) is 0 Å². The number of rotatable bonds is 9. The maximum absolute atomic E-state index is 10.7. The van der Waals surface area contributed by atoms with Crippen LogP contribution in [-0.4, -0.2) is 54.7 Å². The molecule has 5 nitrogen and oxygen atoms in total. The average molecular weight is 335 g/mol. The van der Waals surface area contributed by atoms with Crippen molar-refractivity contribution >= 4 is 5.96 Å². The quantitative estimate of drug-likeness (QED) is 0.478. The van der Waals surface area contributed by atoms with E-state index in [9.17, 15) is 5.11 Å². The largest absolute Gasteiger partial charge is 0.384 e. The first-order valence-corrected chi connectivity index (χ1v) is 8.94. The molecule has 1 rings (SSSR count). The molecule has 136 valence electrons. The maximum atomic E-state index is 10.7. The summed E-state index contributed by atoms with van der Waals surface area (Å²) < 4.78 is 0. The number of nitrogens with one attached hydrogen (secondary N) is 2. The summed E-state index contributed by atoms with van der Waals surface area (Å²) in [6.45, 7) is 14.4. The molecule has 1 aromatic rings. The summed E-state index contributed by atoms with van der Waals surface area (Å²) in [5.41, 5.74) is -0.0988. The molecule has 0 amide bonds. The van der Waals surface area contributed by atoms with Crippen LogP contribution >= 0.6 is 0 Å². The van der Waals surface area contributed by atoms with E-state index in [2.05, 4.69) is 41.3 Å². The molecule has 0 spiro atoms. The summed E-state index contributed by atoms with van der Waals surface area (Å²) in [6, 6.07) is 10.2. The molecule has 24 heavy (non-hydrogen) atoms. The van der Waals surface area contributed by atoms with Gasteiger partial charge in [0.2, 0.25) is 0 Å². The molecule has 0 radical (unpaired) electrons. The van der Waals surface area contributed by atoms with Crippen molar-refractivity contribution in [2.24, 2.45) is 4.99 Å². The molecule has 3 N–H and O–H groups in total. The molecule has 1 atom stereocenters. The van der Waals surface area contributed by atoms with Gasteiger partial charge in [-0.25, -0.2) is 4.99 Å². The standard InChI is InChI=1S/C19H34N4O/c1-6-20-18(21-13-14-23(7-2)16(3)4)22-15-19(5,24)17-11-9-8-10-12-17/h8-12,16,24H,6-7,13-15H2,1-5H3,(H2,20,21,22). The van der Waals surface area contributed by atoms with Crippen LogP contribution in [-0.2, 0) is 5.60 Å². The molecule has 5 heteroatoms. The SMILES string of the molecule is CCNC(=NCC(C)(O)c1ccccc1)NCCN(CC)C(C)C. The molecular formula is C19H34N4O. The third kappa shape index (κ3) is 6.89. The summed E-state index contributed by atoms with van der Waals surface area (Å²) in [7, 11) is 0. The number of hydrogen-bond acceptors (Lipinski definition) is 3. The predicted octanol–water partition coefficient (Wildman–Crippen LogP) is 2.18. The van der Waals surface area contributed by atoms with Crippen molar-refractivity contribution in [3.63, 3.8) is 0 Å². The van der Waals surface area contributed by atoms with Crippen molar-refractivity contribution in [3.05, 3.63) is 35.9 Å². The van der Waals surface area contributed by atoms with Gasteiger partial charge in [-0.3, -0.25) is 4.90 Å². The van der Waals surface area contributed by atoms with Crippen LogP contribution < -0.4 is 10.6 Å². The van der Waals surface area contributed by atoms with Gasteiger partial charge in [-0.1, -0.05) is 37.3 Å². The highest BCUT2D eigenvalue weighted by Gasteiger charge is 2.22. The molecule has 1 aromatic carbocycles. The molecule has 0 saturated heterocycles. The number of aliphatic imine (C=N–C) groups is 1. The van der Waals surface area contributed by atoms with Gasteiger partial charge in [-0.15, -0.1) is 0 Å². The second-order valence-electron chi connectivity index (χ2n) is 6.48. The predicted molar refractivity (Wildman–Crippen MR) is 102 cm³/mol. The van der Waals surface area contributed by atoms with E-state index < -0.39 is 5.60 Å². The minimum atomic E-state index is -0.975. The van der Waals surface area contributed by atoms with Crippen LogP contribution in [0.15, 0.2) is 35.3 Å². The number of hydrogen-bond donors (Lipinski definition) is 3. The third-order valence-electron chi connectivity index (χ3n) is 4.11. The van der Waals surface area contributed by atoms with Crippen molar-refractivity contribution in [2.75, 3.05) is 32.7 Å². The van der Waals surface area contributed by atoms with Crippen molar-refractivity contribution < 1.29 is 5.11 Å². The zero-order chi connectivity index (χ0) is 18.0. The molecule has 0 fully saturated rings. The monoisotopic (exact) mass is 334 g/mol. The van der Waals surface area contributed by atoms with Crippen LogP contribution in [0.1, 0.15) is 40.2 Å². The first-order valence-electron chi connectivity index (χ1n) is 8.94. The minimum Gasteiger partial charge on any atom is -0.384 e. The molecule has 0 aliphatic rings. The summed E-state index contributed by atoms with van der Waals surface area (Å²) in [5, 5.41) is 17.2. The zero-order valence-electron chi connectivity index (χ0n) is 15.8. The van der Waals surface area contributed by atoms with Crippen LogP contribution in [0.5, 0.6) is 0 Å². The van der Waals surface area contributed by atoms with E-state index >= 15 is 0 Å². The Morgan fingerprint density at radius 2 is 1.88 bits per heavy atom. The average Bonchev–Trinajstić information content (AvgIpc) is 2.57. The third-order valence-corrected chi connectivity index (χ3v) is 4.11. The van der Waals surface area contributed by atoms with E-state index in [1.165, 1.54) is 0 Å². The van der Waals surface area contributed by atoms with Crippen LogP contribution in [0.2, 0.25) is 0 Å². The van der Waals surface area contributed by atoms with Gasteiger partial charge in [-0.2, -0.15) is 0 Å². The Morgan fingerprint density at radius 3 is 2.42 bits per heavy atom. The lowest BCUT2D eigenvalue weighted by molar-refractivity contribution is 0.0672. The number of benzene rings is 1. The van der Waals surface area contributed by atoms with Gasteiger partial charge in [0, 0.05) is 25.7 Å². The lowest BCUT2D eigenvalue weighted by Gasteiger charge is -2.25. The fourth-order valence-electron chi connectivity index (χ4n) is 2.56. The lowest BCUT2D eigenvalue weighted by atomic mass is 9.96. The Bertz CT molecular complexity index is 485. The van der Waals surface area contributed by atoms with Crippen molar-refractivity contribution in [1.29, 1.82) is 0 Å². The van der Waals surface area contributed by atoms with Gasteiger partial charge in [0.25, 0.3) is 0 Å². The zero-order valence-corrected chi connectivity index (χ0v) is 15.8. The summed E-state index contributed by atoms with van der Waals surface area (Å²) in [6.07, 6.45) is 0. The number of likely N-dealkylation sites (N-methyl/N-ethyl adjacent to an activating group) is 1. The smallest absolute Gasteiger partial charge is 0.191 e. The van der Waals surface area contributed by atoms with E-state index in [0.717, 1.165) is 37.7 Å². The Morgan fingerprint density at radius 1 is 1.21 bits per heavy atom. The van der Waals surface area contributed by atoms with Crippen molar-refractivity contribution in [2.45, 2.75) is 46.3 Å². The highest BCUT2D eigenvalue weighted by molar-refractivity contribution is 5.79. The number of nitrogens with zero attached hydrogens (tertiary/aromatic N) is 2. The molecular weight excluding hydrogens is 300 g/mol. The highest BCUT2D eigenvalue weighted by Crippen LogP contribution is 2.20. The molecule has 0 aromatic heterocycles. The number of aliphatic hydroxyl groups is 1. The molecule has 0 aliphatic heterocycles. The van der Waals surface area contributed by atoms with Gasteiger partial charge in [-0.05, 0) is 39.8 Å². The van der Waals surface area contributed by atoms with Gasteiger partial charge in [0.15, 0.2) is 5.96 Å². The van der Waals surface area contributed by atoms with Gasteiger partial charge < -0.3 is 15.7 Å². The molecule has 0 bridgehead atoms. The van der Waals surface area contributed by atoms with Gasteiger partial charge >= 0.3 is 0 Å². The molecule has 0 saturated carbocycles. The maximum Gasteiger partial charge on any atom is 0.191 e.